The molecule has 3 N–H and O–H groups in total. The molecule has 0 aliphatic carbocycles. The summed E-state index contributed by atoms with van der Waals surface area (Å²) in [5.74, 6) is 2.82. The third-order valence-electron chi connectivity index (χ3n) is 4.05. The van der Waals surface area contributed by atoms with E-state index in [0.29, 0.717) is 30.5 Å². The van der Waals surface area contributed by atoms with Crippen molar-refractivity contribution in [2.75, 3.05) is 20.8 Å². The molecule has 2 aromatic rings. The molecule has 1 unspecified atom stereocenters. The fraction of sp³-hybridized carbons (Fsp3) is 0.444. The number of benzene rings is 1. The zero-order chi connectivity index (χ0) is 18.4. The van der Waals surface area contributed by atoms with Gasteiger partial charge in [-0.2, -0.15) is 0 Å². The van der Waals surface area contributed by atoms with Crippen molar-refractivity contribution in [2.24, 2.45) is 10.7 Å². The molecule has 0 spiro atoms. The van der Waals surface area contributed by atoms with Crippen LogP contribution in [0.2, 0.25) is 0 Å². The Balaban J connectivity index is 0.00000338. The Morgan fingerprint density at radius 2 is 1.96 bits per heavy atom. The molecular formula is C18H27IN4O3. The molecule has 144 valence electrons. The molecule has 1 aromatic carbocycles. The van der Waals surface area contributed by atoms with Crippen LogP contribution in [0.25, 0.3) is 0 Å². The fourth-order valence-corrected chi connectivity index (χ4v) is 2.76. The number of nitrogens with two attached hydrogens (primary N) is 1. The molecule has 0 fully saturated rings. The molecule has 0 radical (unpaired) electrons. The Hall–Kier alpha value is -1.97. The molecule has 0 aliphatic rings. The standard InChI is InChI=1S/C18H26N4O3.HI/c1-11(17-12(2)22-25-13(17)3)9-20-18(19)21-10-14-6-7-15(23-4)16(8-14)24-5;/h6-8,11H,9-10H2,1-5H3,(H3,19,20,21);1H. The summed E-state index contributed by atoms with van der Waals surface area (Å²) in [5.41, 5.74) is 8.98. The van der Waals surface area contributed by atoms with Crippen LogP contribution in [0.15, 0.2) is 27.7 Å². The van der Waals surface area contributed by atoms with Gasteiger partial charge in [0.05, 0.1) is 26.5 Å². The molecule has 0 aliphatic heterocycles. The van der Waals surface area contributed by atoms with Crippen molar-refractivity contribution in [3.8, 4) is 11.5 Å². The largest absolute Gasteiger partial charge is 0.493 e. The van der Waals surface area contributed by atoms with Gasteiger partial charge in [-0.3, -0.25) is 0 Å². The van der Waals surface area contributed by atoms with Gasteiger partial charge < -0.3 is 25.0 Å². The van der Waals surface area contributed by atoms with Gasteiger partial charge in [0, 0.05) is 18.0 Å². The van der Waals surface area contributed by atoms with Gasteiger partial charge in [-0.1, -0.05) is 18.1 Å². The Morgan fingerprint density at radius 3 is 2.54 bits per heavy atom. The van der Waals surface area contributed by atoms with Crippen molar-refractivity contribution in [3.05, 3.63) is 40.8 Å². The SMILES string of the molecule is COc1ccc(CN=C(N)NCC(C)c2c(C)noc2C)cc1OC.I. The molecule has 1 heterocycles. The summed E-state index contributed by atoms with van der Waals surface area (Å²) < 4.78 is 15.7. The van der Waals surface area contributed by atoms with E-state index < -0.39 is 0 Å². The molecule has 26 heavy (non-hydrogen) atoms. The Labute approximate surface area is 171 Å². The number of aliphatic imine (C=N–C) groups is 1. The summed E-state index contributed by atoms with van der Waals surface area (Å²) in [6.07, 6.45) is 0. The normalized spacial score (nSPS) is 12.3. The van der Waals surface area contributed by atoms with Gasteiger partial charge in [0.1, 0.15) is 5.76 Å². The van der Waals surface area contributed by atoms with Crippen molar-refractivity contribution in [3.63, 3.8) is 0 Å². The number of hydrogen-bond donors (Lipinski definition) is 2. The Morgan fingerprint density at radius 1 is 1.27 bits per heavy atom. The van der Waals surface area contributed by atoms with Gasteiger partial charge in [0.25, 0.3) is 0 Å². The third-order valence-corrected chi connectivity index (χ3v) is 4.05. The Kier molecular flexibility index (Phi) is 8.70. The van der Waals surface area contributed by atoms with Crippen LogP contribution in [0.5, 0.6) is 11.5 Å². The molecule has 2 rings (SSSR count). The van der Waals surface area contributed by atoms with Crippen LogP contribution in [0.3, 0.4) is 0 Å². The van der Waals surface area contributed by atoms with Crippen molar-refractivity contribution in [1.82, 2.24) is 10.5 Å². The number of rotatable bonds is 7. The number of nitrogens with one attached hydrogen (secondary N) is 1. The lowest BCUT2D eigenvalue weighted by Gasteiger charge is -2.13. The topological polar surface area (TPSA) is 94.9 Å². The van der Waals surface area contributed by atoms with E-state index in [1.165, 1.54) is 0 Å². The van der Waals surface area contributed by atoms with Crippen LogP contribution in [0.1, 0.15) is 35.4 Å². The average molecular weight is 474 g/mol. The number of aryl methyl sites for hydroxylation is 2. The molecule has 1 aromatic heterocycles. The number of guanidine groups is 1. The highest BCUT2D eigenvalue weighted by molar-refractivity contribution is 14.0. The van der Waals surface area contributed by atoms with Gasteiger partial charge in [-0.15, -0.1) is 24.0 Å². The van der Waals surface area contributed by atoms with E-state index in [1.807, 2.05) is 32.0 Å². The summed E-state index contributed by atoms with van der Waals surface area (Å²) >= 11 is 0. The maximum Gasteiger partial charge on any atom is 0.188 e. The van der Waals surface area contributed by atoms with Crippen molar-refractivity contribution in [1.29, 1.82) is 0 Å². The lowest BCUT2D eigenvalue weighted by Crippen LogP contribution is -2.34. The third kappa shape index (κ3) is 5.52. The lowest BCUT2D eigenvalue weighted by molar-refractivity contribution is 0.354. The van der Waals surface area contributed by atoms with E-state index in [-0.39, 0.29) is 29.9 Å². The fourth-order valence-electron chi connectivity index (χ4n) is 2.76. The monoisotopic (exact) mass is 474 g/mol. The van der Waals surface area contributed by atoms with Crippen LogP contribution in [-0.4, -0.2) is 31.9 Å². The molecule has 0 bridgehead atoms. The number of halogens is 1. The molecule has 8 heteroatoms. The van der Waals surface area contributed by atoms with Gasteiger partial charge in [-0.25, -0.2) is 4.99 Å². The van der Waals surface area contributed by atoms with Crippen LogP contribution in [-0.2, 0) is 6.54 Å². The quantitative estimate of drug-likeness (QED) is 0.364. The summed E-state index contributed by atoms with van der Waals surface area (Å²) in [7, 11) is 3.22. The highest BCUT2D eigenvalue weighted by Crippen LogP contribution is 2.27. The zero-order valence-corrected chi connectivity index (χ0v) is 18.2. The molecule has 0 amide bonds. The minimum atomic E-state index is 0. The van der Waals surface area contributed by atoms with Crippen molar-refractivity contribution >= 4 is 29.9 Å². The first-order valence-corrected chi connectivity index (χ1v) is 8.13. The number of methoxy groups -OCH3 is 2. The number of hydrogen-bond acceptors (Lipinski definition) is 5. The van der Waals surface area contributed by atoms with Crippen molar-refractivity contribution in [2.45, 2.75) is 33.2 Å². The molecule has 0 saturated heterocycles. The lowest BCUT2D eigenvalue weighted by atomic mass is 10.00. The number of nitrogens with zero attached hydrogens (tertiary/aromatic N) is 2. The first kappa shape index (κ1) is 22.1. The highest BCUT2D eigenvalue weighted by Gasteiger charge is 2.16. The summed E-state index contributed by atoms with van der Waals surface area (Å²) in [4.78, 5) is 4.37. The van der Waals surface area contributed by atoms with E-state index in [2.05, 4.69) is 22.4 Å². The minimum absolute atomic E-state index is 0. The molecule has 7 nitrogen and oxygen atoms in total. The Bertz CT molecular complexity index is 727. The van der Waals surface area contributed by atoms with Crippen molar-refractivity contribution < 1.29 is 14.0 Å². The summed E-state index contributed by atoms with van der Waals surface area (Å²) in [6, 6.07) is 5.68. The second kappa shape index (κ2) is 10.2. The number of ether oxygens (including phenoxy) is 2. The summed E-state index contributed by atoms with van der Waals surface area (Å²) in [6.45, 7) is 7.07. The van der Waals surface area contributed by atoms with Crippen LogP contribution < -0.4 is 20.5 Å². The summed E-state index contributed by atoms with van der Waals surface area (Å²) in [5, 5.41) is 7.13. The van der Waals surface area contributed by atoms with Gasteiger partial charge in [0.15, 0.2) is 17.5 Å². The highest BCUT2D eigenvalue weighted by atomic mass is 127. The maximum absolute atomic E-state index is 5.97. The van der Waals surface area contributed by atoms with Crippen LogP contribution in [0.4, 0.5) is 0 Å². The number of aromatic nitrogens is 1. The minimum Gasteiger partial charge on any atom is -0.493 e. The first-order valence-electron chi connectivity index (χ1n) is 8.13. The van der Waals surface area contributed by atoms with Crippen LogP contribution >= 0.6 is 24.0 Å². The van der Waals surface area contributed by atoms with E-state index in [9.17, 15) is 0 Å². The van der Waals surface area contributed by atoms with Crippen LogP contribution in [0, 0.1) is 13.8 Å². The van der Waals surface area contributed by atoms with Gasteiger partial charge in [0.2, 0.25) is 0 Å². The van der Waals surface area contributed by atoms with E-state index >= 15 is 0 Å². The predicted octanol–water partition coefficient (Wildman–Crippen LogP) is 3.13. The van der Waals surface area contributed by atoms with Gasteiger partial charge >= 0.3 is 0 Å². The average Bonchev–Trinajstić information content (AvgIpc) is 2.96. The first-order chi connectivity index (χ1) is 12.0. The molecular weight excluding hydrogens is 447 g/mol. The van der Waals surface area contributed by atoms with E-state index in [1.54, 1.807) is 14.2 Å². The molecule has 1 atom stereocenters. The van der Waals surface area contributed by atoms with E-state index in [4.69, 9.17) is 19.7 Å². The maximum atomic E-state index is 5.97. The second-order valence-corrected chi connectivity index (χ2v) is 5.91. The van der Waals surface area contributed by atoms with Gasteiger partial charge in [-0.05, 0) is 31.5 Å². The molecule has 0 saturated carbocycles. The van der Waals surface area contributed by atoms with E-state index in [0.717, 1.165) is 22.6 Å². The predicted molar refractivity (Wildman–Crippen MR) is 113 cm³/mol. The second-order valence-electron chi connectivity index (χ2n) is 5.91. The smallest absolute Gasteiger partial charge is 0.188 e. The zero-order valence-electron chi connectivity index (χ0n) is 15.8.